The van der Waals surface area contributed by atoms with Gasteiger partial charge < -0.3 is 34.9 Å². The molecular weight excluding hydrogens is 640 g/mol. The van der Waals surface area contributed by atoms with Crippen LogP contribution in [-0.4, -0.2) is 96.2 Å². The third-order valence-electron chi connectivity index (χ3n) is 11.6. The first-order chi connectivity index (χ1) is 21.6. The molecule has 1 spiro atoms. The van der Waals surface area contributed by atoms with Gasteiger partial charge in [-0.15, -0.1) is 0 Å². The highest BCUT2D eigenvalue weighted by Gasteiger charge is 2.79. The summed E-state index contributed by atoms with van der Waals surface area (Å²) < 4.78 is 11.6. The first-order valence-electron chi connectivity index (χ1n) is 15.8. The summed E-state index contributed by atoms with van der Waals surface area (Å²) in [5.74, 6) is -0.744. The number of aromatic nitrogens is 1. The van der Waals surface area contributed by atoms with Gasteiger partial charge in [-0.05, 0) is 78.0 Å². The molecule has 1 aromatic heterocycles. The fourth-order valence-corrected chi connectivity index (χ4v) is 10.4. The number of rotatable bonds is 7. The van der Waals surface area contributed by atoms with Crippen LogP contribution in [0.5, 0.6) is 5.75 Å². The van der Waals surface area contributed by atoms with Crippen LogP contribution in [0.25, 0.3) is 10.9 Å². The molecule has 4 aliphatic rings. The van der Waals surface area contributed by atoms with Crippen molar-refractivity contribution in [1.29, 1.82) is 0 Å². The molecule has 4 N–H and O–H groups in total. The van der Waals surface area contributed by atoms with Crippen LogP contribution in [0.3, 0.4) is 0 Å². The van der Waals surface area contributed by atoms with Crippen molar-refractivity contribution in [2.75, 3.05) is 39.3 Å². The van der Waals surface area contributed by atoms with Crippen molar-refractivity contribution in [3.05, 3.63) is 58.2 Å². The summed E-state index contributed by atoms with van der Waals surface area (Å²) in [6, 6.07) is 9.81. The van der Waals surface area contributed by atoms with Crippen LogP contribution in [0.4, 0.5) is 5.69 Å². The second-order valence-electron chi connectivity index (χ2n) is 13.3. The summed E-state index contributed by atoms with van der Waals surface area (Å²) in [6.45, 7) is 3.76. The van der Waals surface area contributed by atoms with Gasteiger partial charge in [0.05, 0.1) is 24.7 Å². The predicted molar refractivity (Wildman–Crippen MR) is 173 cm³/mol. The number of para-hydroxylation sites is 1. The zero-order valence-corrected chi connectivity index (χ0v) is 27.7. The molecule has 1 aliphatic carbocycles. The number of likely N-dealkylation sites (N-methyl/N-ethyl adjacent to an activating group) is 1. The summed E-state index contributed by atoms with van der Waals surface area (Å²) in [7, 11) is 4.78. The van der Waals surface area contributed by atoms with Crippen LogP contribution in [0.2, 0.25) is 0 Å². The minimum atomic E-state index is -2.25. The highest BCUT2D eigenvalue weighted by Crippen LogP contribution is 2.68. The number of esters is 1. The lowest BCUT2D eigenvalue weighted by molar-refractivity contribution is -0.222. The van der Waals surface area contributed by atoms with Crippen LogP contribution in [0.15, 0.2) is 47.1 Å². The largest absolute Gasteiger partial charge is 0.495 e. The van der Waals surface area contributed by atoms with E-state index in [4.69, 9.17) is 9.47 Å². The number of hydrogen-bond acceptors (Lipinski definition) is 8. The molecule has 11 heteroatoms. The Morgan fingerprint density at radius 2 is 1.96 bits per heavy atom. The number of aromatic amines is 1. The molecule has 3 aliphatic heterocycles. The van der Waals surface area contributed by atoms with E-state index in [-0.39, 0.29) is 12.5 Å². The van der Waals surface area contributed by atoms with E-state index in [1.165, 1.54) is 7.11 Å². The number of piperidine rings is 1. The first-order valence-corrected chi connectivity index (χ1v) is 16.6. The monoisotopic (exact) mass is 680 g/mol. The number of carbonyl (C=O) groups excluding carboxylic acids is 2. The van der Waals surface area contributed by atoms with Gasteiger partial charge in [-0.3, -0.25) is 9.69 Å². The Morgan fingerprint density at radius 1 is 1.18 bits per heavy atom. The van der Waals surface area contributed by atoms with E-state index >= 15 is 0 Å². The van der Waals surface area contributed by atoms with E-state index < -0.39 is 46.5 Å². The Bertz CT molecular complexity index is 1680. The van der Waals surface area contributed by atoms with Crippen molar-refractivity contribution in [1.82, 2.24) is 15.2 Å². The molecule has 2 saturated heterocycles. The molecule has 10 nitrogen and oxygen atoms in total. The molecule has 1 saturated carbocycles. The maximum Gasteiger partial charge on any atom is 0.328 e. The highest BCUT2D eigenvalue weighted by atomic mass is 79.9. The maximum atomic E-state index is 14.8. The molecule has 45 heavy (non-hydrogen) atoms. The van der Waals surface area contributed by atoms with Crippen molar-refractivity contribution in [3.63, 3.8) is 0 Å². The fourth-order valence-electron chi connectivity index (χ4n) is 9.85. The second kappa shape index (κ2) is 10.7. The zero-order valence-electron chi connectivity index (χ0n) is 26.1. The second-order valence-corrected chi connectivity index (χ2v) is 14.1. The lowest BCUT2D eigenvalue weighted by atomic mass is 9.46. The van der Waals surface area contributed by atoms with Gasteiger partial charge in [-0.2, -0.15) is 0 Å². The van der Waals surface area contributed by atoms with E-state index in [0.29, 0.717) is 18.6 Å². The van der Waals surface area contributed by atoms with Crippen LogP contribution in [0, 0.1) is 5.41 Å². The van der Waals surface area contributed by atoms with E-state index in [9.17, 15) is 19.8 Å². The number of carbonyl (C=O) groups is 2. The van der Waals surface area contributed by atoms with Gasteiger partial charge in [-0.25, -0.2) is 4.79 Å². The molecule has 2 aromatic carbocycles. The number of hydrogen-bond donors (Lipinski definition) is 4. The van der Waals surface area contributed by atoms with E-state index in [1.54, 1.807) is 7.11 Å². The standard InChI is InChI=1S/C34H41BrN4O6/c1-5-32-11-8-13-39-14-12-33(28(32)39)21-16-22(35)26(44-3)17-25(21)38(2)29(33)34(43,30(32)41)31(42)37-24(27(40)45-4)15-19-18-36-23-10-7-6-9-20(19)23/h6-7,9-10,16-18,24,28-30,36,41,43H,5,8,11-15H2,1-4H3,(H,37,42)/t24-,28-,29+,30+,32+,33+,34-/m0/s1. The van der Waals surface area contributed by atoms with Crippen LogP contribution in [-0.2, 0) is 26.2 Å². The smallest absolute Gasteiger partial charge is 0.328 e. The van der Waals surface area contributed by atoms with Gasteiger partial charge in [-0.1, -0.05) is 25.1 Å². The zero-order chi connectivity index (χ0) is 31.9. The molecule has 240 valence electrons. The number of halogens is 1. The summed E-state index contributed by atoms with van der Waals surface area (Å²) in [5, 5.41) is 29.4. The number of nitrogens with one attached hydrogen (secondary N) is 2. The summed E-state index contributed by atoms with van der Waals surface area (Å²) >= 11 is 3.70. The number of amides is 1. The Hall–Kier alpha value is -3.12. The fraction of sp³-hybridized carbons (Fsp3) is 0.529. The lowest BCUT2D eigenvalue weighted by Crippen LogP contribution is -2.82. The number of aliphatic hydroxyl groups is 2. The minimum absolute atomic E-state index is 0.0801. The van der Waals surface area contributed by atoms with Crippen molar-refractivity contribution >= 4 is 44.4 Å². The van der Waals surface area contributed by atoms with Crippen LogP contribution < -0.4 is 15.0 Å². The number of methoxy groups -OCH3 is 2. The summed E-state index contributed by atoms with van der Waals surface area (Å²) in [5.41, 5.74) is -0.00353. The number of fused-ring (bicyclic) bond motifs is 2. The number of benzene rings is 2. The SMILES string of the molecule is CC[C@]12CCCN3CC[C@@]4(c5cc(Br)c(OC)cc5N(C)[C@H]4[C@@](O)(C(=O)N[C@@H](Cc4c[nH]c5ccccc45)C(=O)OC)[C@@H]1O)[C@@H]32. The maximum absolute atomic E-state index is 14.8. The van der Waals surface area contributed by atoms with Crippen molar-refractivity contribution < 1.29 is 29.3 Å². The topological polar surface area (TPSA) is 127 Å². The molecule has 4 heterocycles. The third kappa shape index (κ3) is 3.96. The Balaban J connectivity index is 1.36. The molecule has 7 atom stereocenters. The Morgan fingerprint density at radius 3 is 2.69 bits per heavy atom. The van der Waals surface area contributed by atoms with Gasteiger partial charge in [0.15, 0.2) is 5.60 Å². The average molecular weight is 682 g/mol. The Labute approximate surface area is 271 Å². The predicted octanol–water partition coefficient (Wildman–Crippen LogP) is 3.27. The quantitative estimate of drug-likeness (QED) is 0.280. The molecule has 0 bridgehead atoms. The number of nitrogens with zero attached hydrogens (tertiary/aromatic N) is 2. The molecule has 0 radical (unpaired) electrons. The molecule has 7 rings (SSSR count). The lowest BCUT2D eigenvalue weighted by Gasteiger charge is -2.65. The molecule has 3 aromatic rings. The normalized spacial score (nSPS) is 32.5. The van der Waals surface area contributed by atoms with E-state index in [0.717, 1.165) is 58.1 Å². The van der Waals surface area contributed by atoms with Crippen molar-refractivity contribution in [2.24, 2.45) is 5.41 Å². The number of aliphatic hydroxyl groups excluding tert-OH is 1. The highest BCUT2D eigenvalue weighted by molar-refractivity contribution is 9.10. The van der Waals surface area contributed by atoms with Gasteiger partial charge in [0.2, 0.25) is 0 Å². The van der Waals surface area contributed by atoms with Gasteiger partial charge in [0.1, 0.15) is 17.9 Å². The van der Waals surface area contributed by atoms with Crippen molar-refractivity contribution in [2.45, 2.75) is 74.3 Å². The number of anilines is 1. The number of H-pyrrole nitrogens is 1. The van der Waals surface area contributed by atoms with E-state index in [2.05, 4.69) is 44.1 Å². The molecular formula is C34H41BrN4O6. The van der Waals surface area contributed by atoms with E-state index in [1.807, 2.05) is 48.5 Å². The summed E-state index contributed by atoms with van der Waals surface area (Å²) in [6.07, 6.45) is 3.45. The molecule has 1 amide bonds. The third-order valence-corrected chi connectivity index (χ3v) is 12.2. The van der Waals surface area contributed by atoms with Crippen molar-refractivity contribution in [3.8, 4) is 5.75 Å². The molecule has 3 fully saturated rings. The van der Waals surface area contributed by atoms with Crippen LogP contribution in [0.1, 0.15) is 43.7 Å². The summed E-state index contributed by atoms with van der Waals surface area (Å²) in [4.78, 5) is 35.6. The number of ether oxygens (including phenoxy) is 2. The van der Waals surface area contributed by atoms with Gasteiger partial charge >= 0.3 is 5.97 Å². The average Bonchev–Trinajstić information content (AvgIpc) is 3.72. The van der Waals surface area contributed by atoms with Gasteiger partial charge in [0.25, 0.3) is 5.91 Å². The minimum Gasteiger partial charge on any atom is -0.495 e. The van der Waals surface area contributed by atoms with Gasteiger partial charge in [0, 0.05) is 59.2 Å². The first kappa shape index (κ1) is 30.5. The Kier molecular flexibility index (Phi) is 7.27. The molecule has 0 unspecified atom stereocenters. The van der Waals surface area contributed by atoms with Crippen LogP contribution >= 0.6 is 15.9 Å².